The summed E-state index contributed by atoms with van der Waals surface area (Å²) in [6.45, 7) is 1.73. The van der Waals surface area contributed by atoms with Crippen molar-refractivity contribution in [3.8, 4) is 5.69 Å². The van der Waals surface area contributed by atoms with Crippen molar-refractivity contribution in [3.63, 3.8) is 0 Å². The van der Waals surface area contributed by atoms with Crippen molar-refractivity contribution in [1.82, 2.24) is 14.8 Å². The molecule has 0 saturated carbocycles. The Hall–Kier alpha value is -3.47. The number of thiophene rings is 1. The summed E-state index contributed by atoms with van der Waals surface area (Å²) in [5.74, 6) is -1.14. The van der Waals surface area contributed by atoms with E-state index < -0.39 is 34.7 Å². The summed E-state index contributed by atoms with van der Waals surface area (Å²) >= 11 is 1.05. The van der Waals surface area contributed by atoms with Crippen LogP contribution >= 0.6 is 11.3 Å². The number of aromatic amines is 1. The van der Waals surface area contributed by atoms with Crippen molar-refractivity contribution in [2.75, 3.05) is 5.32 Å². The number of alkyl halides is 3. The molecule has 0 fully saturated rings. The second kappa shape index (κ2) is 7.10. The predicted octanol–water partition coefficient (Wildman–Crippen LogP) is 4.49. The van der Waals surface area contributed by atoms with Gasteiger partial charge in [-0.25, -0.2) is 9.07 Å². The third-order valence-corrected chi connectivity index (χ3v) is 5.43. The fraction of sp³-hybridized carbons (Fsp3) is 0.105. The molecule has 11 heteroatoms. The molecule has 0 bridgehead atoms. The van der Waals surface area contributed by atoms with Gasteiger partial charge in [0.15, 0.2) is 0 Å². The number of fused-ring (bicyclic) bond motifs is 1. The molecule has 6 nitrogen and oxygen atoms in total. The number of halogens is 4. The molecule has 1 amide bonds. The number of nitrogens with zero attached hydrogens (tertiary/aromatic N) is 2. The lowest BCUT2D eigenvalue weighted by Crippen LogP contribution is -2.21. The lowest BCUT2D eigenvalue weighted by molar-refractivity contribution is -0.137. The number of hydrogen-bond donors (Lipinski definition) is 2. The predicted molar refractivity (Wildman–Crippen MR) is 104 cm³/mol. The maximum Gasteiger partial charge on any atom is 0.417 e. The van der Waals surface area contributed by atoms with Gasteiger partial charge < -0.3 is 10.3 Å². The van der Waals surface area contributed by atoms with Gasteiger partial charge in [-0.3, -0.25) is 9.59 Å². The van der Waals surface area contributed by atoms with Gasteiger partial charge in [0.05, 0.1) is 21.8 Å². The zero-order valence-electron chi connectivity index (χ0n) is 15.2. The first-order valence-electron chi connectivity index (χ1n) is 8.50. The number of benzene rings is 1. The number of H-pyrrole nitrogens is 1. The Balaban J connectivity index is 1.69. The van der Waals surface area contributed by atoms with Crippen molar-refractivity contribution < 1.29 is 22.4 Å². The van der Waals surface area contributed by atoms with E-state index in [9.17, 15) is 27.2 Å². The van der Waals surface area contributed by atoms with Crippen LogP contribution in [0.1, 0.15) is 20.9 Å². The zero-order valence-corrected chi connectivity index (χ0v) is 16.0. The molecule has 4 rings (SSSR count). The Labute approximate surface area is 169 Å². The van der Waals surface area contributed by atoms with E-state index in [1.165, 1.54) is 24.3 Å². The third kappa shape index (κ3) is 3.59. The summed E-state index contributed by atoms with van der Waals surface area (Å²) in [7, 11) is 0. The highest BCUT2D eigenvalue weighted by Crippen LogP contribution is 2.32. The molecule has 0 unspecified atom stereocenters. The molecule has 0 aliphatic heterocycles. The van der Waals surface area contributed by atoms with Gasteiger partial charge >= 0.3 is 6.18 Å². The lowest BCUT2D eigenvalue weighted by atomic mass is 10.2. The van der Waals surface area contributed by atoms with E-state index >= 15 is 0 Å². The van der Waals surface area contributed by atoms with Crippen molar-refractivity contribution in [2.24, 2.45) is 0 Å². The van der Waals surface area contributed by atoms with Gasteiger partial charge in [0.1, 0.15) is 16.3 Å². The maximum absolute atomic E-state index is 13.2. The number of aromatic nitrogens is 3. The number of carbonyl (C=O) groups excluding carboxylic acids is 1. The SMILES string of the molecule is Cc1nn(-c2ccc(F)cc2)c2sc(C(=O)Nc3cc(C(F)(F)F)c[nH]c3=O)cc12. The molecular formula is C19H12F4N4O2S. The highest BCUT2D eigenvalue weighted by atomic mass is 32.1. The molecule has 1 aromatic carbocycles. The average Bonchev–Trinajstić information content (AvgIpc) is 3.24. The highest BCUT2D eigenvalue weighted by Gasteiger charge is 2.31. The first kappa shape index (κ1) is 19.8. The molecule has 154 valence electrons. The molecule has 2 N–H and O–H groups in total. The van der Waals surface area contributed by atoms with Crippen LogP contribution < -0.4 is 10.9 Å². The van der Waals surface area contributed by atoms with Crippen molar-refractivity contribution in [1.29, 1.82) is 0 Å². The minimum absolute atomic E-state index is 0.179. The number of anilines is 1. The van der Waals surface area contributed by atoms with Gasteiger partial charge in [-0.1, -0.05) is 0 Å². The van der Waals surface area contributed by atoms with Crippen LogP contribution in [-0.2, 0) is 6.18 Å². The molecule has 3 aromatic heterocycles. The quantitative estimate of drug-likeness (QED) is 0.465. The molecule has 4 aromatic rings. The van der Waals surface area contributed by atoms with Crippen LogP contribution in [0.25, 0.3) is 15.9 Å². The molecule has 0 saturated heterocycles. The monoisotopic (exact) mass is 436 g/mol. The number of amides is 1. The van der Waals surface area contributed by atoms with Gasteiger partial charge in [-0.2, -0.15) is 18.3 Å². The molecule has 0 spiro atoms. The van der Waals surface area contributed by atoms with Crippen LogP contribution in [0.4, 0.5) is 23.2 Å². The fourth-order valence-electron chi connectivity index (χ4n) is 2.84. The second-order valence-electron chi connectivity index (χ2n) is 6.39. The van der Waals surface area contributed by atoms with E-state index in [0.29, 0.717) is 33.9 Å². The normalized spacial score (nSPS) is 11.8. The van der Waals surface area contributed by atoms with E-state index in [0.717, 1.165) is 11.3 Å². The summed E-state index contributed by atoms with van der Waals surface area (Å²) in [5, 5.41) is 7.26. The van der Waals surface area contributed by atoms with E-state index in [1.54, 1.807) is 17.7 Å². The van der Waals surface area contributed by atoms with Crippen molar-refractivity contribution in [2.45, 2.75) is 13.1 Å². The van der Waals surface area contributed by atoms with Crippen LogP contribution in [0.2, 0.25) is 0 Å². The molecule has 3 heterocycles. The van der Waals surface area contributed by atoms with Crippen molar-refractivity contribution in [3.05, 3.63) is 74.9 Å². The Kier molecular flexibility index (Phi) is 4.69. The van der Waals surface area contributed by atoms with Crippen LogP contribution in [0.5, 0.6) is 0 Å². The average molecular weight is 436 g/mol. The van der Waals surface area contributed by atoms with Gasteiger partial charge in [0.2, 0.25) is 0 Å². The number of carbonyl (C=O) groups is 1. The number of rotatable bonds is 3. The zero-order chi connectivity index (χ0) is 21.6. The minimum Gasteiger partial charge on any atom is -0.327 e. The highest BCUT2D eigenvalue weighted by molar-refractivity contribution is 7.20. The smallest absolute Gasteiger partial charge is 0.327 e. The summed E-state index contributed by atoms with van der Waals surface area (Å²) in [6, 6.07) is 7.74. The van der Waals surface area contributed by atoms with Crippen LogP contribution in [0.15, 0.2) is 47.4 Å². The van der Waals surface area contributed by atoms with Gasteiger partial charge in [-0.05, 0) is 43.3 Å². The van der Waals surface area contributed by atoms with Crippen LogP contribution in [0.3, 0.4) is 0 Å². The number of pyridine rings is 1. The molecule has 30 heavy (non-hydrogen) atoms. The van der Waals surface area contributed by atoms with E-state index in [4.69, 9.17) is 0 Å². The Morgan fingerprint density at radius 1 is 1.20 bits per heavy atom. The first-order valence-corrected chi connectivity index (χ1v) is 9.31. The van der Waals surface area contributed by atoms with E-state index in [-0.39, 0.29) is 4.88 Å². The molecule has 0 atom stereocenters. The van der Waals surface area contributed by atoms with Gasteiger partial charge in [0, 0.05) is 11.6 Å². The molecule has 0 aliphatic carbocycles. The Morgan fingerprint density at radius 3 is 2.57 bits per heavy atom. The molecule has 0 radical (unpaired) electrons. The third-order valence-electron chi connectivity index (χ3n) is 4.32. The summed E-state index contributed by atoms with van der Waals surface area (Å²) < 4.78 is 53.3. The molecule has 0 aliphatic rings. The van der Waals surface area contributed by atoms with E-state index in [1.807, 2.05) is 4.98 Å². The lowest BCUT2D eigenvalue weighted by Gasteiger charge is -2.08. The fourth-order valence-corrected chi connectivity index (χ4v) is 3.92. The van der Waals surface area contributed by atoms with E-state index in [2.05, 4.69) is 10.4 Å². The Bertz CT molecular complexity index is 1320. The van der Waals surface area contributed by atoms with Crippen molar-refractivity contribution >= 4 is 33.1 Å². The Morgan fingerprint density at radius 2 is 1.90 bits per heavy atom. The summed E-state index contributed by atoms with van der Waals surface area (Å²) in [4.78, 5) is 27.2. The second-order valence-corrected chi connectivity index (χ2v) is 7.42. The summed E-state index contributed by atoms with van der Waals surface area (Å²) in [6.07, 6.45) is -4.13. The standard InChI is InChI=1S/C19H12F4N4O2S/c1-9-13-7-15(30-18(13)27(26-9)12-4-2-11(20)3-5-12)17(29)25-14-6-10(19(21,22)23)8-24-16(14)28/h2-8H,1H3,(H,24,28)(H,25,29). The van der Waals surface area contributed by atoms with Crippen LogP contribution in [-0.4, -0.2) is 20.7 Å². The number of aryl methyl sites for hydroxylation is 1. The van der Waals surface area contributed by atoms with Crippen LogP contribution in [0, 0.1) is 12.7 Å². The summed E-state index contributed by atoms with van der Waals surface area (Å²) in [5.41, 5.74) is -1.26. The minimum atomic E-state index is -4.67. The topological polar surface area (TPSA) is 79.8 Å². The molecular weight excluding hydrogens is 424 g/mol. The van der Waals surface area contributed by atoms with Gasteiger partial charge in [0.25, 0.3) is 11.5 Å². The maximum atomic E-state index is 13.2. The van der Waals surface area contributed by atoms with Gasteiger partial charge in [-0.15, -0.1) is 11.3 Å². The number of hydrogen-bond acceptors (Lipinski definition) is 4. The largest absolute Gasteiger partial charge is 0.417 e. The number of nitrogens with one attached hydrogen (secondary N) is 2. The first-order chi connectivity index (χ1) is 14.1.